The molecular weight excluding hydrogens is 424 g/mol. The summed E-state index contributed by atoms with van der Waals surface area (Å²) in [4.78, 5) is 4.29. The second kappa shape index (κ2) is 11.2. The van der Waals surface area contributed by atoms with Crippen molar-refractivity contribution in [2.45, 2.75) is 13.8 Å². The zero-order valence-corrected chi connectivity index (χ0v) is 19.7. The maximum absolute atomic E-state index is 5.01. The van der Waals surface area contributed by atoms with Crippen LogP contribution in [0, 0.1) is 0 Å². The van der Waals surface area contributed by atoms with Crippen molar-refractivity contribution in [2.24, 2.45) is 15.3 Å². The Morgan fingerprint density at radius 3 is 2.12 bits per heavy atom. The summed E-state index contributed by atoms with van der Waals surface area (Å²) in [7, 11) is 19.0. The fraction of sp³-hybridized carbons (Fsp3) is 0.500. The first-order valence-electron chi connectivity index (χ1n) is 7.83. The van der Waals surface area contributed by atoms with Crippen LogP contribution in [0.25, 0.3) is 0 Å². The van der Waals surface area contributed by atoms with E-state index in [0.29, 0.717) is 5.96 Å². The number of hydrogen-bond donors (Lipinski definition) is 1. The molecule has 0 spiro atoms. The summed E-state index contributed by atoms with van der Waals surface area (Å²) in [6.07, 6.45) is 0. The van der Waals surface area contributed by atoms with Crippen LogP contribution in [-0.2, 0) is 13.0 Å². The first-order chi connectivity index (χ1) is 11.4. The van der Waals surface area contributed by atoms with Gasteiger partial charge in [-0.05, 0) is 43.2 Å². The van der Waals surface area contributed by atoms with Crippen LogP contribution in [0.15, 0.2) is 39.6 Å². The van der Waals surface area contributed by atoms with E-state index >= 15 is 0 Å². The zero-order chi connectivity index (χ0) is 18.1. The number of rotatable bonds is 4. The fourth-order valence-electron chi connectivity index (χ4n) is 2.23. The van der Waals surface area contributed by atoms with E-state index in [9.17, 15) is 0 Å². The van der Waals surface area contributed by atoms with Crippen LogP contribution in [0.5, 0.6) is 0 Å². The van der Waals surface area contributed by atoms with Crippen molar-refractivity contribution in [3.05, 3.63) is 24.3 Å². The van der Waals surface area contributed by atoms with Gasteiger partial charge in [0.05, 0.1) is 12.7 Å². The Labute approximate surface area is 161 Å². The van der Waals surface area contributed by atoms with Gasteiger partial charge in [0.2, 0.25) is 0 Å². The van der Waals surface area contributed by atoms with Gasteiger partial charge in [-0.15, -0.1) is 10.2 Å². The normalized spacial score (nSPS) is 16.7. The molecule has 0 radical (unpaired) electrons. The standard InChI is InChI=1S/C14H22N6.3ClH.Zn/c1-5-20(6-2)13-9-7-12(8-10-13)15-16-14-17-19(4)11-18(14)3;;;;/h7-10H,5-6,11H2,1-4H3;3*1H;/q;;;;+2/p-2. The number of quaternary nitrogens is 1. The molecule has 1 heterocycles. The minimum atomic E-state index is -2.21. The number of anilines is 1. The Kier molecular flexibility index (Phi) is 10.1. The predicted octanol–water partition coefficient (Wildman–Crippen LogP) is 3.37. The quantitative estimate of drug-likeness (QED) is 0.569. The average Bonchev–Trinajstić information content (AvgIpc) is 2.85. The number of azo groups is 1. The van der Waals surface area contributed by atoms with Crippen molar-refractivity contribution in [1.29, 1.82) is 0 Å². The first-order valence-corrected chi connectivity index (χ1v) is 19.5. The van der Waals surface area contributed by atoms with Crippen molar-refractivity contribution in [3.8, 4) is 0 Å². The molecule has 0 bridgehead atoms. The number of benzene rings is 1. The van der Waals surface area contributed by atoms with Gasteiger partial charge >= 0.3 is 48.0 Å². The second-order valence-corrected chi connectivity index (χ2v) is 19.1. The van der Waals surface area contributed by atoms with Gasteiger partial charge in [0.1, 0.15) is 0 Å². The summed E-state index contributed by atoms with van der Waals surface area (Å²) in [5, 5.41) is 13.9. The molecule has 1 aromatic rings. The summed E-state index contributed by atoms with van der Waals surface area (Å²) in [6, 6.07) is 8.14. The van der Waals surface area contributed by atoms with Gasteiger partial charge in [0.15, 0.2) is 6.67 Å². The zero-order valence-electron chi connectivity index (χ0n) is 14.5. The molecule has 1 atom stereocenters. The molecule has 0 aromatic heterocycles. The molecule has 0 aliphatic carbocycles. The molecule has 0 saturated heterocycles. The Balaban J connectivity index is 0.000000648. The molecule has 10 heteroatoms. The molecule has 1 aliphatic rings. The molecule has 132 valence electrons. The third-order valence-corrected chi connectivity index (χ3v) is 3.33. The molecule has 2 rings (SSSR count). The second-order valence-electron chi connectivity index (χ2n) is 5.19. The van der Waals surface area contributed by atoms with Crippen molar-refractivity contribution in [1.82, 2.24) is 4.90 Å². The van der Waals surface area contributed by atoms with Crippen LogP contribution in [0.4, 0.5) is 11.4 Å². The van der Waals surface area contributed by atoms with Crippen LogP contribution >= 0.6 is 29.1 Å². The fourth-order valence-corrected chi connectivity index (χ4v) is 2.23. The number of halogens is 3. The molecule has 1 N–H and O–H groups in total. The number of nitrogens with one attached hydrogen (secondary N) is 1. The van der Waals surface area contributed by atoms with Gasteiger partial charge in [0.25, 0.3) is 0 Å². The molecule has 0 saturated carbocycles. The van der Waals surface area contributed by atoms with Crippen LogP contribution in [0.2, 0.25) is 0 Å². The predicted molar refractivity (Wildman–Crippen MR) is 99.0 cm³/mol. The first kappa shape index (κ1) is 21.6. The van der Waals surface area contributed by atoms with Crippen LogP contribution < -0.4 is 9.91 Å². The molecule has 1 unspecified atom stereocenters. The monoisotopic (exact) mass is 444 g/mol. The van der Waals surface area contributed by atoms with Gasteiger partial charge in [-0.1, -0.05) is 0 Å². The van der Waals surface area contributed by atoms with E-state index in [0.717, 1.165) is 30.5 Å². The number of hydrogen-bond acceptors (Lipinski definition) is 5. The van der Waals surface area contributed by atoms with Crippen LogP contribution in [0.1, 0.15) is 13.8 Å². The summed E-state index contributed by atoms with van der Waals surface area (Å²) in [5.74, 6) is 0.676. The van der Waals surface area contributed by atoms with E-state index in [1.807, 2.05) is 31.1 Å². The van der Waals surface area contributed by atoms with E-state index in [2.05, 4.69) is 46.2 Å². The molecule has 24 heavy (non-hydrogen) atoms. The number of nitrogens with zero attached hydrogens (tertiary/aromatic N) is 5. The SMILES string of the molecule is CCN(CC)c1ccc(N=NC2=N[NH+](C)CN2C)cc1.[Cl][Zn-]([Cl])[Cl]. The molecular formula is C14H23Cl3N6Zn. The van der Waals surface area contributed by atoms with E-state index in [-0.39, 0.29) is 0 Å². The molecule has 1 aromatic carbocycles. The van der Waals surface area contributed by atoms with Gasteiger partial charge in [-0.3, -0.25) is 4.90 Å². The Morgan fingerprint density at radius 1 is 1.17 bits per heavy atom. The van der Waals surface area contributed by atoms with Gasteiger partial charge in [0, 0.05) is 25.8 Å². The summed E-state index contributed by atoms with van der Waals surface area (Å²) in [6.45, 7) is 7.16. The summed E-state index contributed by atoms with van der Waals surface area (Å²) < 4.78 is 0. The molecule has 6 nitrogen and oxygen atoms in total. The third kappa shape index (κ3) is 7.62. The van der Waals surface area contributed by atoms with E-state index in [1.54, 1.807) is 0 Å². The van der Waals surface area contributed by atoms with Crippen LogP contribution in [0.3, 0.4) is 0 Å². The molecule has 1 aliphatic heterocycles. The number of guanidine groups is 1. The summed E-state index contributed by atoms with van der Waals surface area (Å²) in [5.41, 5.74) is 2.06. The molecule has 0 fully saturated rings. The third-order valence-electron chi connectivity index (χ3n) is 3.33. The summed E-state index contributed by atoms with van der Waals surface area (Å²) >= 11 is -2.21. The van der Waals surface area contributed by atoms with Crippen molar-refractivity contribution < 1.29 is 18.0 Å². The maximum atomic E-state index is 5.01. The van der Waals surface area contributed by atoms with E-state index < -0.39 is 13.0 Å². The van der Waals surface area contributed by atoms with E-state index in [1.165, 1.54) is 5.69 Å². The van der Waals surface area contributed by atoms with Gasteiger partial charge < -0.3 is 4.90 Å². The minimum absolute atomic E-state index is 0.676. The average molecular weight is 447 g/mol. The van der Waals surface area contributed by atoms with Gasteiger partial charge in [-0.2, -0.15) is 5.01 Å². The topological polar surface area (TPSA) is 48.0 Å². The Hall–Kier alpha value is -0.457. The van der Waals surface area contributed by atoms with Crippen molar-refractivity contribution >= 4 is 46.4 Å². The van der Waals surface area contributed by atoms with Gasteiger partial charge in [-0.25, -0.2) is 0 Å². The van der Waals surface area contributed by atoms with Crippen LogP contribution in [-0.4, -0.2) is 44.7 Å². The molecule has 0 amide bonds. The Bertz CT molecular complexity index is 545. The van der Waals surface area contributed by atoms with E-state index in [4.69, 9.17) is 29.1 Å². The Morgan fingerprint density at radius 2 is 1.71 bits per heavy atom. The van der Waals surface area contributed by atoms with Crippen molar-refractivity contribution in [2.75, 3.05) is 38.8 Å². The van der Waals surface area contributed by atoms with Crippen molar-refractivity contribution in [3.63, 3.8) is 0 Å².